The fourth-order valence-electron chi connectivity index (χ4n) is 3.21. The third-order valence-corrected chi connectivity index (χ3v) is 4.79. The molecule has 0 saturated heterocycles. The summed E-state index contributed by atoms with van der Waals surface area (Å²) in [7, 11) is 0. The van der Waals surface area contributed by atoms with E-state index in [0.717, 1.165) is 16.7 Å². The highest BCUT2D eigenvalue weighted by Crippen LogP contribution is 2.13. The Morgan fingerprint density at radius 3 is 1.21 bits per heavy atom. The van der Waals surface area contributed by atoms with Crippen LogP contribution < -0.4 is 0 Å². The minimum Gasteiger partial charge on any atom is -0.330 e. The minimum atomic E-state index is -0.476. The van der Waals surface area contributed by atoms with Crippen LogP contribution in [0.25, 0.3) is 0 Å². The molecule has 0 heterocycles. The molecule has 148 valence electrons. The Balaban J connectivity index is 1.79. The number of benzene rings is 3. The summed E-state index contributed by atoms with van der Waals surface area (Å²) in [6, 6.07) is 29.3. The summed E-state index contributed by atoms with van der Waals surface area (Å²) in [6.45, 7) is 3.58. The van der Waals surface area contributed by atoms with Crippen LogP contribution >= 0.6 is 0 Å². The van der Waals surface area contributed by atoms with Crippen LogP contribution in [0.2, 0.25) is 0 Å². The van der Waals surface area contributed by atoms with Crippen molar-refractivity contribution >= 4 is 11.8 Å². The van der Waals surface area contributed by atoms with Gasteiger partial charge in [0.2, 0.25) is 0 Å². The van der Waals surface area contributed by atoms with Crippen molar-refractivity contribution < 1.29 is 9.59 Å². The number of rotatable bonds is 7. The van der Waals surface area contributed by atoms with Crippen molar-refractivity contribution in [3.05, 3.63) is 108 Å². The second-order valence-corrected chi connectivity index (χ2v) is 6.94. The van der Waals surface area contributed by atoms with E-state index in [0.29, 0.717) is 26.2 Å². The van der Waals surface area contributed by atoms with Gasteiger partial charge in [0.25, 0.3) is 0 Å². The molecule has 0 radical (unpaired) electrons. The third-order valence-electron chi connectivity index (χ3n) is 4.79. The van der Waals surface area contributed by atoms with Crippen molar-refractivity contribution in [3.8, 4) is 0 Å². The summed E-state index contributed by atoms with van der Waals surface area (Å²) in [5.74, 6) is -0.946. The second kappa shape index (κ2) is 10.2. The molecule has 2 amide bonds. The number of nitrogens with zero attached hydrogens (tertiary/aromatic N) is 2. The van der Waals surface area contributed by atoms with Gasteiger partial charge < -0.3 is 9.80 Å². The average Bonchev–Trinajstić information content (AvgIpc) is 2.78. The Labute approximate surface area is 172 Å². The fourth-order valence-corrected chi connectivity index (χ4v) is 3.21. The zero-order valence-electron chi connectivity index (χ0n) is 16.7. The maximum Gasteiger partial charge on any atom is 0.312 e. The Morgan fingerprint density at radius 2 is 0.862 bits per heavy atom. The lowest BCUT2D eigenvalue weighted by Crippen LogP contribution is -2.44. The van der Waals surface area contributed by atoms with Gasteiger partial charge in [-0.15, -0.1) is 0 Å². The fraction of sp³-hybridized carbons (Fsp3) is 0.200. The topological polar surface area (TPSA) is 40.6 Å². The highest BCUT2D eigenvalue weighted by Gasteiger charge is 2.26. The molecule has 4 heteroatoms. The summed E-state index contributed by atoms with van der Waals surface area (Å²) >= 11 is 0. The van der Waals surface area contributed by atoms with E-state index in [1.165, 1.54) is 0 Å². The normalized spacial score (nSPS) is 10.4. The van der Waals surface area contributed by atoms with Gasteiger partial charge in [0.05, 0.1) is 0 Å². The zero-order valence-corrected chi connectivity index (χ0v) is 16.7. The molecule has 0 aliphatic carbocycles. The molecular weight excluding hydrogens is 360 g/mol. The standard InChI is InChI=1S/C25H26N2O2/c1-2-26(18-21-12-6-3-7-13-21)24(28)25(29)27(19-22-14-8-4-9-15-22)20-23-16-10-5-11-17-23/h3-17H,2,18-20H2,1H3. The lowest BCUT2D eigenvalue weighted by atomic mass is 10.1. The number of hydrogen-bond donors (Lipinski definition) is 0. The van der Waals surface area contributed by atoms with Gasteiger partial charge in [-0.1, -0.05) is 91.0 Å². The largest absolute Gasteiger partial charge is 0.330 e. The van der Waals surface area contributed by atoms with E-state index >= 15 is 0 Å². The quantitative estimate of drug-likeness (QED) is 0.569. The van der Waals surface area contributed by atoms with Crippen molar-refractivity contribution in [1.82, 2.24) is 9.80 Å². The maximum absolute atomic E-state index is 13.2. The van der Waals surface area contributed by atoms with E-state index in [2.05, 4.69) is 0 Å². The van der Waals surface area contributed by atoms with Gasteiger partial charge in [-0.3, -0.25) is 9.59 Å². The Hall–Kier alpha value is -3.40. The van der Waals surface area contributed by atoms with E-state index in [9.17, 15) is 9.59 Å². The second-order valence-electron chi connectivity index (χ2n) is 6.94. The minimum absolute atomic E-state index is 0.392. The summed E-state index contributed by atoms with van der Waals surface area (Å²) in [6.07, 6.45) is 0. The van der Waals surface area contributed by atoms with Crippen molar-refractivity contribution in [2.45, 2.75) is 26.6 Å². The first-order valence-electron chi connectivity index (χ1n) is 9.87. The Morgan fingerprint density at radius 1 is 0.552 bits per heavy atom. The van der Waals surface area contributed by atoms with Gasteiger partial charge >= 0.3 is 11.8 Å². The van der Waals surface area contributed by atoms with Crippen LogP contribution in [0.3, 0.4) is 0 Å². The van der Waals surface area contributed by atoms with Crippen molar-refractivity contribution in [2.75, 3.05) is 6.54 Å². The van der Waals surface area contributed by atoms with E-state index in [1.807, 2.05) is 97.9 Å². The average molecular weight is 386 g/mol. The van der Waals surface area contributed by atoms with Crippen LogP contribution in [-0.4, -0.2) is 28.2 Å². The first-order chi connectivity index (χ1) is 14.2. The molecule has 0 N–H and O–H groups in total. The van der Waals surface area contributed by atoms with E-state index in [-0.39, 0.29) is 0 Å². The summed E-state index contributed by atoms with van der Waals surface area (Å²) < 4.78 is 0. The maximum atomic E-state index is 13.2. The molecular formula is C25H26N2O2. The van der Waals surface area contributed by atoms with Crippen LogP contribution in [-0.2, 0) is 29.2 Å². The molecule has 0 aliphatic heterocycles. The molecule has 0 aliphatic rings. The molecule has 0 bridgehead atoms. The predicted octanol–water partition coefficient (Wildman–Crippen LogP) is 4.26. The van der Waals surface area contributed by atoms with Gasteiger partial charge in [0.15, 0.2) is 0 Å². The molecule has 0 atom stereocenters. The highest BCUT2D eigenvalue weighted by atomic mass is 16.2. The molecule has 0 aromatic heterocycles. The summed E-state index contributed by atoms with van der Waals surface area (Å²) in [4.78, 5) is 29.4. The molecule has 0 spiro atoms. The monoisotopic (exact) mass is 386 g/mol. The first-order valence-corrected chi connectivity index (χ1v) is 9.87. The number of amides is 2. The zero-order chi connectivity index (χ0) is 20.5. The first kappa shape index (κ1) is 20.3. The van der Waals surface area contributed by atoms with E-state index in [1.54, 1.807) is 9.80 Å². The summed E-state index contributed by atoms with van der Waals surface area (Å²) in [5, 5.41) is 0. The Bertz CT molecular complexity index is 870. The van der Waals surface area contributed by atoms with E-state index < -0.39 is 11.8 Å². The Kier molecular flexibility index (Phi) is 7.17. The summed E-state index contributed by atoms with van der Waals surface area (Å²) in [5.41, 5.74) is 3.00. The SMILES string of the molecule is CCN(Cc1ccccc1)C(=O)C(=O)N(Cc1ccccc1)Cc1ccccc1. The molecule has 3 aromatic rings. The van der Waals surface area contributed by atoms with Crippen LogP contribution in [0.4, 0.5) is 0 Å². The number of hydrogen-bond acceptors (Lipinski definition) is 2. The molecule has 0 saturated carbocycles. The number of carbonyl (C=O) groups is 2. The van der Waals surface area contributed by atoms with Gasteiger partial charge in [0.1, 0.15) is 0 Å². The number of carbonyl (C=O) groups excluding carboxylic acids is 2. The lowest BCUT2D eigenvalue weighted by molar-refractivity contribution is -0.152. The molecule has 3 rings (SSSR count). The predicted molar refractivity (Wildman–Crippen MR) is 115 cm³/mol. The lowest BCUT2D eigenvalue weighted by Gasteiger charge is -2.27. The van der Waals surface area contributed by atoms with Gasteiger partial charge in [-0.25, -0.2) is 0 Å². The van der Waals surface area contributed by atoms with Gasteiger partial charge in [-0.2, -0.15) is 0 Å². The molecule has 29 heavy (non-hydrogen) atoms. The van der Waals surface area contributed by atoms with Gasteiger partial charge in [-0.05, 0) is 23.6 Å². The number of likely N-dealkylation sites (N-methyl/N-ethyl adjacent to an activating group) is 1. The van der Waals surface area contributed by atoms with Crippen molar-refractivity contribution in [2.24, 2.45) is 0 Å². The molecule has 0 unspecified atom stereocenters. The molecule has 0 fully saturated rings. The van der Waals surface area contributed by atoms with Crippen LogP contribution in [0.1, 0.15) is 23.6 Å². The van der Waals surface area contributed by atoms with E-state index in [4.69, 9.17) is 0 Å². The van der Waals surface area contributed by atoms with Crippen molar-refractivity contribution in [3.63, 3.8) is 0 Å². The van der Waals surface area contributed by atoms with Crippen LogP contribution in [0, 0.1) is 0 Å². The van der Waals surface area contributed by atoms with Crippen LogP contribution in [0.15, 0.2) is 91.0 Å². The highest BCUT2D eigenvalue weighted by molar-refractivity contribution is 6.34. The van der Waals surface area contributed by atoms with Crippen molar-refractivity contribution in [1.29, 1.82) is 0 Å². The van der Waals surface area contributed by atoms with Gasteiger partial charge in [0, 0.05) is 26.2 Å². The molecule has 3 aromatic carbocycles. The molecule has 4 nitrogen and oxygen atoms in total. The smallest absolute Gasteiger partial charge is 0.312 e. The van der Waals surface area contributed by atoms with Crippen LogP contribution in [0.5, 0.6) is 0 Å². The third kappa shape index (κ3) is 5.79.